The third-order valence-corrected chi connectivity index (χ3v) is 6.58. The van der Waals surface area contributed by atoms with Gasteiger partial charge in [0.2, 0.25) is 0 Å². The molecule has 0 aliphatic carbocycles. The van der Waals surface area contributed by atoms with E-state index in [0.717, 1.165) is 51.9 Å². The van der Waals surface area contributed by atoms with Gasteiger partial charge in [0, 0.05) is 22.1 Å². The van der Waals surface area contributed by atoms with Crippen LogP contribution in [0.15, 0.2) is 71.2 Å². The number of aliphatic carboxylic acids is 1. The maximum atomic E-state index is 13.2. The van der Waals surface area contributed by atoms with Crippen LogP contribution in [0.3, 0.4) is 0 Å². The zero-order valence-electron chi connectivity index (χ0n) is 20.5. The summed E-state index contributed by atoms with van der Waals surface area (Å²) in [6, 6.07) is 21.8. The zero-order chi connectivity index (χ0) is 25.7. The Morgan fingerprint density at radius 1 is 1.00 bits per heavy atom. The molecule has 0 aromatic heterocycles. The molecule has 3 aromatic carbocycles. The van der Waals surface area contributed by atoms with Crippen LogP contribution in [0.4, 0.5) is 11.4 Å². The summed E-state index contributed by atoms with van der Waals surface area (Å²) in [4.78, 5) is 26.5. The molecule has 1 aliphatic rings. The molecule has 0 radical (unpaired) electrons. The van der Waals surface area contributed by atoms with Gasteiger partial charge in [-0.2, -0.15) is 0 Å². The minimum atomic E-state index is -0.835. The molecule has 1 heterocycles. The predicted molar refractivity (Wildman–Crippen MR) is 149 cm³/mol. The van der Waals surface area contributed by atoms with Gasteiger partial charge in [0.05, 0.1) is 17.0 Å². The van der Waals surface area contributed by atoms with Crippen molar-refractivity contribution in [3.8, 4) is 0 Å². The maximum Gasteiger partial charge on any atom is 0.303 e. The first-order valence-corrected chi connectivity index (χ1v) is 12.8. The normalized spacial score (nSPS) is 13.9. The van der Waals surface area contributed by atoms with E-state index < -0.39 is 5.97 Å². The van der Waals surface area contributed by atoms with Gasteiger partial charge in [-0.1, -0.05) is 52.3 Å². The molecule has 0 saturated carbocycles. The van der Waals surface area contributed by atoms with Crippen molar-refractivity contribution in [1.29, 1.82) is 0 Å². The third kappa shape index (κ3) is 6.42. The molecule has 1 aliphatic heterocycles. The Labute approximate surface area is 220 Å². The molecule has 1 amide bonds. The summed E-state index contributed by atoms with van der Waals surface area (Å²) in [6.07, 6.45) is 2.49. The number of halogens is 1. The second-order valence-electron chi connectivity index (χ2n) is 9.22. The summed E-state index contributed by atoms with van der Waals surface area (Å²) in [5.74, 6) is -1.01. The number of rotatable bonds is 10. The van der Waals surface area contributed by atoms with Gasteiger partial charge < -0.3 is 20.6 Å². The van der Waals surface area contributed by atoms with E-state index in [1.165, 1.54) is 5.56 Å². The van der Waals surface area contributed by atoms with Crippen molar-refractivity contribution in [1.82, 2.24) is 4.90 Å². The van der Waals surface area contributed by atoms with Crippen LogP contribution in [0, 0.1) is 0 Å². The largest absolute Gasteiger partial charge is 0.481 e. The van der Waals surface area contributed by atoms with Gasteiger partial charge in [0.1, 0.15) is 0 Å². The maximum absolute atomic E-state index is 13.2. The lowest BCUT2D eigenvalue weighted by molar-refractivity contribution is -0.137. The summed E-state index contributed by atoms with van der Waals surface area (Å²) in [5, 5.41) is 15.6. The number of hydrogen-bond acceptors (Lipinski definition) is 4. The highest BCUT2D eigenvalue weighted by Gasteiger charge is 2.28. The number of amides is 1. The number of carbonyl (C=O) groups excluding carboxylic acids is 1. The number of carbonyl (C=O) groups is 2. The number of fused-ring (bicyclic) bond motifs is 1. The molecular formula is C29H30BrN3O3. The Hall–Kier alpha value is -3.42. The number of anilines is 2. The van der Waals surface area contributed by atoms with Crippen molar-refractivity contribution in [3.05, 3.63) is 93.5 Å². The van der Waals surface area contributed by atoms with E-state index in [4.69, 9.17) is 5.11 Å². The molecule has 4 rings (SSSR count). The molecule has 6 nitrogen and oxygen atoms in total. The molecule has 3 N–H and O–H groups in total. The number of nitrogens with one attached hydrogen (secondary N) is 2. The fourth-order valence-corrected chi connectivity index (χ4v) is 4.72. The van der Waals surface area contributed by atoms with E-state index in [1.54, 1.807) is 0 Å². The smallest absolute Gasteiger partial charge is 0.303 e. The van der Waals surface area contributed by atoms with E-state index in [1.807, 2.05) is 54.6 Å². The molecule has 36 heavy (non-hydrogen) atoms. The Kier molecular flexibility index (Phi) is 8.23. The highest BCUT2D eigenvalue weighted by Crippen LogP contribution is 2.39. The number of benzene rings is 3. The lowest BCUT2D eigenvalue weighted by atomic mass is 9.97. The van der Waals surface area contributed by atoms with Crippen LogP contribution in [0.1, 0.15) is 35.1 Å². The van der Waals surface area contributed by atoms with Crippen LogP contribution < -0.4 is 10.6 Å². The van der Waals surface area contributed by atoms with Gasteiger partial charge in [-0.15, -0.1) is 0 Å². The predicted octanol–water partition coefficient (Wildman–Crippen LogP) is 5.89. The van der Waals surface area contributed by atoms with E-state index in [2.05, 4.69) is 57.7 Å². The fraction of sp³-hybridized carbons (Fsp3) is 0.241. The Morgan fingerprint density at radius 2 is 1.75 bits per heavy atom. The molecule has 0 atom stereocenters. The second-order valence-corrected chi connectivity index (χ2v) is 10.1. The van der Waals surface area contributed by atoms with Crippen LogP contribution in [0.5, 0.6) is 0 Å². The van der Waals surface area contributed by atoms with E-state index in [9.17, 15) is 9.59 Å². The van der Waals surface area contributed by atoms with Crippen molar-refractivity contribution in [2.75, 3.05) is 31.3 Å². The summed E-state index contributed by atoms with van der Waals surface area (Å²) in [5.41, 5.74) is 6.68. The molecule has 3 aromatic rings. The number of carboxylic acid groups (broad SMARTS) is 1. The molecule has 0 spiro atoms. The molecular weight excluding hydrogens is 518 g/mol. The minimum absolute atomic E-state index is 0.0507. The van der Waals surface area contributed by atoms with Crippen LogP contribution in [0.25, 0.3) is 11.3 Å². The van der Waals surface area contributed by atoms with E-state index in [-0.39, 0.29) is 12.3 Å². The van der Waals surface area contributed by atoms with Crippen molar-refractivity contribution in [2.45, 2.75) is 25.7 Å². The van der Waals surface area contributed by atoms with Gasteiger partial charge in [-0.3, -0.25) is 9.59 Å². The van der Waals surface area contributed by atoms with Crippen LogP contribution >= 0.6 is 15.9 Å². The number of aryl methyl sites for hydroxylation is 2. The number of carboxylic acids is 1. The number of hydrogen-bond donors (Lipinski definition) is 3. The fourth-order valence-electron chi connectivity index (χ4n) is 4.35. The lowest BCUT2D eigenvalue weighted by Crippen LogP contribution is -2.13. The molecule has 0 bridgehead atoms. The van der Waals surface area contributed by atoms with Crippen molar-refractivity contribution < 1.29 is 14.7 Å². The van der Waals surface area contributed by atoms with Gasteiger partial charge >= 0.3 is 5.97 Å². The highest BCUT2D eigenvalue weighted by atomic mass is 79.9. The molecule has 0 unspecified atom stereocenters. The third-order valence-electron chi connectivity index (χ3n) is 6.09. The molecule has 0 saturated heterocycles. The first-order valence-electron chi connectivity index (χ1n) is 12.0. The van der Waals surface area contributed by atoms with Crippen molar-refractivity contribution >= 4 is 50.5 Å². The monoisotopic (exact) mass is 547 g/mol. The zero-order valence-corrected chi connectivity index (χ0v) is 22.1. The van der Waals surface area contributed by atoms with Crippen molar-refractivity contribution in [2.24, 2.45) is 0 Å². The Balaban J connectivity index is 1.75. The van der Waals surface area contributed by atoms with Gasteiger partial charge in [0.15, 0.2) is 0 Å². The van der Waals surface area contributed by atoms with Crippen LogP contribution in [-0.2, 0) is 22.4 Å². The second kappa shape index (κ2) is 11.5. The summed E-state index contributed by atoms with van der Waals surface area (Å²) >= 11 is 3.48. The highest BCUT2D eigenvalue weighted by molar-refractivity contribution is 9.10. The summed E-state index contributed by atoms with van der Waals surface area (Å²) in [6.45, 7) is 1.02. The molecule has 186 valence electrons. The van der Waals surface area contributed by atoms with Crippen LogP contribution in [-0.4, -0.2) is 42.5 Å². The van der Waals surface area contributed by atoms with Gasteiger partial charge in [-0.05, 0) is 86.9 Å². The average Bonchev–Trinajstić information content (AvgIpc) is 3.16. The quantitative estimate of drug-likeness (QED) is 0.275. The average molecular weight is 548 g/mol. The van der Waals surface area contributed by atoms with E-state index in [0.29, 0.717) is 17.7 Å². The van der Waals surface area contributed by atoms with Crippen molar-refractivity contribution in [3.63, 3.8) is 0 Å². The lowest BCUT2D eigenvalue weighted by Gasteiger charge is -2.17. The Morgan fingerprint density at radius 3 is 2.50 bits per heavy atom. The first-order chi connectivity index (χ1) is 17.3. The molecule has 0 fully saturated rings. The SMILES string of the molecule is CN(C)CCCc1cccc(NC(=C2C(=O)Nc3cc(Br)ccc32)c2cccc(CCC(=O)O)c2)c1. The standard InChI is InChI=1S/C29H30BrN3O3/c1-33(2)15-5-8-19-7-4-10-23(17-19)31-28(21-9-3-6-20(16-21)11-14-26(34)35)27-24-13-12-22(30)18-25(24)32-29(27)36/h3-4,6-7,9-10,12-13,16-18,31H,5,8,11,14-15H2,1-2H3,(H,32,36)(H,34,35). The van der Waals surface area contributed by atoms with Crippen LogP contribution in [0.2, 0.25) is 0 Å². The summed E-state index contributed by atoms with van der Waals surface area (Å²) in [7, 11) is 4.15. The minimum Gasteiger partial charge on any atom is -0.481 e. The Bertz CT molecular complexity index is 1320. The molecule has 7 heteroatoms. The first kappa shape index (κ1) is 25.7. The number of nitrogens with zero attached hydrogens (tertiary/aromatic N) is 1. The van der Waals surface area contributed by atoms with Gasteiger partial charge in [-0.25, -0.2) is 0 Å². The summed E-state index contributed by atoms with van der Waals surface area (Å²) < 4.78 is 0.887. The van der Waals surface area contributed by atoms with E-state index >= 15 is 0 Å². The topological polar surface area (TPSA) is 81.7 Å². The van der Waals surface area contributed by atoms with Gasteiger partial charge in [0.25, 0.3) is 5.91 Å².